The Kier molecular flexibility index (Phi) is 4.84. The fourth-order valence-electron chi connectivity index (χ4n) is 2.70. The third-order valence-corrected chi connectivity index (χ3v) is 4.08. The Bertz CT molecular complexity index is 550. The van der Waals surface area contributed by atoms with Gasteiger partial charge in [-0.15, -0.1) is 0 Å². The van der Waals surface area contributed by atoms with Crippen molar-refractivity contribution < 1.29 is 4.79 Å². The van der Waals surface area contributed by atoms with Crippen molar-refractivity contribution in [1.29, 1.82) is 0 Å². The van der Waals surface area contributed by atoms with Crippen LogP contribution in [0, 0.1) is 25.7 Å². The first-order valence-corrected chi connectivity index (χ1v) is 7.46. The van der Waals surface area contributed by atoms with Crippen LogP contribution in [0.2, 0.25) is 0 Å². The van der Waals surface area contributed by atoms with Gasteiger partial charge in [-0.1, -0.05) is 31.0 Å². The average molecular weight is 269 g/mol. The molecule has 1 aromatic rings. The number of rotatable bonds is 1. The smallest absolute Gasteiger partial charge is 0.298 e. The molecule has 0 unspecified atom stereocenters. The van der Waals surface area contributed by atoms with Crippen molar-refractivity contribution in [2.45, 2.75) is 46.0 Å². The second-order valence-corrected chi connectivity index (χ2v) is 5.59. The van der Waals surface area contributed by atoms with Gasteiger partial charge in [0, 0.05) is 25.4 Å². The normalized spacial score (nSPS) is 18.4. The van der Waals surface area contributed by atoms with Crippen LogP contribution >= 0.6 is 0 Å². The fraction of sp³-hybridized carbons (Fsp3) is 0.500. The lowest BCUT2D eigenvalue weighted by molar-refractivity contribution is -0.126. The number of likely N-dealkylation sites (tertiary alicyclic amines) is 1. The van der Waals surface area contributed by atoms with E-state index in [4.69, 9.17) is 0 Å². The molecule has 2 nitrogen and oxygen atoms in total. The van der Waals surface area contributed by atoms with E-state index in [0.717, 1.165) is 32.4 Å². The van der Waals surface area contributed by atoms with E-state index in [2.05, 4.69) is 43.9 Å². The molecule has 0 radical (unpaired) electrons. The Hall–Kier alpha value is -1.75. The van der Waals surface area contributed by atoms with Crippen LogP contribution in [0.3, 0.4) is 0 Å². The Morgan fingerprint density at radius 2 is 2.15 bits per heavy atom. The minimum absolute atomic E-state index is 0.0135. The monoisotopic (exact) mass is 269 g/mol. The summed E-state index contributed by atoms with van der Waals surface area (Å²) in [5.41, 5.74) is 4.01. The van der Waals surface area contributed by atoms with Crippen molar-refractivity contribution >= 4 is 5.91 Å². The molecule has 1 saturated heterocycles. The summed E-state index contributed by atoms with van der Waals surface area (Å²) in [6.45, 7) is 7.90. The van der Waals surface area contributed by atoms with Gasteiger partial charge in [-0.05, 0) is 49.3 Å². The van der Waals surface area contributed by atoms with Crippen LogP contribution < -0.4 is 0 Å². The number of piperidine rings is 1. The molecule has 0 N–H and O–H groups in total. The summed E-state index contributed by atoms with van der Waals surface area (Å²) >= 11 is 0. The van der Waals surface area contributed by atoms with E-state index < -0.39 is 0 Å². The van der Waals surface area contributed by atoms with Gasteiger partial charge in [-0.2, -0.15) is 0 Å². The molecule has 1 aromatic carbocycles. The van der Waals surface area contributed by atoms with Crippen molar-refractivity contribution in [3.8, 4) is 11.8 Å². The standard InChI is InChI=1S/C18H23NO/c1-4-5-8-18(20)19-11-6-7-17(13-19)16-10-9-14(2)15(3)12-16/h9-10,12,17H,4,6-7,11,13H2,1-3H3/t17-/m1/s1. The highest BCUT2D eigenvalue weighted by atomic mass is 16.2. The summed E-state index contributed by atoms with van der Waals surface area (Å²) in [6.07, 6.45) is 2.96. The van der Waals surface area contributed by atoms with Crippen LogP contribution in [0.4, 0.5) is 0 Å². The Labute approximate surface area is 122 Å². The summed E-state index contributed by atoms with van der Waals surface area (Å²) in [5.74, 6) is 6.05. The summed E-state index contributed by atoms with van der Waals surface area (Å²) in [5, 5.41) is 0. The highest BCUT2D eigenvalue weighted by Crippen LogP contribution is 2.28. The molecule has 0 aliphatic carbocycles. The zero-order chi connectivity index (χ0) is 14.5. The molecule has 2 rings (SSSR count). The molecule has 1 heterocycles. The molecule has 106 valence electrons. The van der Waals surface area contributed by atoms with Crippen molar-refractivity contribution in [1.82, 2.24) is 4.90 Å². The zero-order valence-electron chi connectivity index (χ0n) is 12.7. The molecule has 0 bridgehead atoms. The van der Waals surface area contributed by atoms with Gasteiger partial charge in [0.25, 0.3) is 5.91 Å². The van der Waals surface area contributed by atoms with Gasteiger partial charge < -0.3 is 4.90 Å². The molecular formula is C18H23NO. The van der Waals surface area contributed by atoms with Crippen LogP contribution in [-0.4, -0.2) is 23.9 Å². The zero-order valence-corrected chi connectivity index (χ0v) is 12.7. The first-order valence-electron chi connectivity index (χ1n) is 7.46. The van der Waals surface area contributed by atoms with E-state index in [1.165, 1.54) is 16.7 Å². The quantitative estimate of drug-likeness (QED) is 0.715. The van der Waals surface area contributed by atoms with Gasteiger partial charge in [-0.25, -0.2) is 0 Å². The van der Waals surface area contributed by atoms with Crippen LogP contribution in [-0.2, 0) is 4.79 Å². The van der Waals surface area contributed by atoms with Crippen molar-refractivity contribution in [3.63, 3.8) is 0 Å². The summed E-state index contributed by atoms with van der Waals surface area (Å²) in [4.78, 5) is 13.9. The molecule has 1 atom stereocenters. The number of carbonyl (C=O) groups excluding carboxylic acids is 1. The molecule has 1 aliphatic rings. The van der Waals surface area contributed by atoms with Crippen molar-refractivity contribution in [3.05, 3.63) is 34.9 Å². The third kappa shape index (κ3) is 3.42. The molecule has 1 amide bonds. The van der Waals surface area contributed by atoms with E-state index in [1.807, 2.05) is 11.8 Å². The second-order valence-electron chi connectivity index (χ2n) is 5.59. The molecule has 2 heteroatoms. The summed E-state index contributed by atoms with van der Waals surface area (Å²) in [6, 6.07) is 6.66. The number of aryl methyl sites for hydroxylation is 2. The SMILES string of the molecule is CCC#CC(=O)N1CCC[C@@H](c2ccc(C)c(C)c2)C1. The minimum atomic E-state index is -0.0135. The first kappa shape index (κ1) is 14.7. The van der Waals surface area contributed by atoms with Gasteiger partial charge in [-0.3, -0.25) is 4.79 Å². The van der Waals surface area contributed by atoms with Crippen LogP contribution in [0.25, 0.3) is 0 Å². The molecule has 0 aromatic heterocycles. The van der Waals surface area contributed by atoms with Crippen LogP contribution in [0.1, 0.15) is 48.8 Å². The van der Waals surface area contributed by atoms with Crippen LogP contribution in [0.15, 0.2) is 18.2 Å². The molecule has 20 heavy (non-hydrogen) atoms. The molecule has 0 spiro atoms. The van der Waals surface area contributed by atoms with Gasteiger partial charge in [0.2, 0.25) is 0 Å². The van der Waals surface area contributed by atoms with Gasteiger partial charge in [0.05, 0.1) is 0 Å². The Balaban J connectivity index is 2.10. The van der Waals surface area contributed by atoms with Gasteiger partial charge >= 0.3 is 0 Å². The Morgan fingerprint density at radius 3 is 2.85 bits per heavy atom. The van der Waals surface area contributed by atoms with Gasteiger partial charge in [0.1, 0.15) is 0 Å². The molecule has 1 aliphatic heterocycles. The first-order chi connectivity index (χ1) is 9.61. The predicted molar refractivity (Wildman–Crippen MR) is 82.5 cm³/mol. The van der Waals surface area contributed by atoms with E-state index in [9.17, 15) is 4.79 Å². The lowest BCUT2D eigenvalue weighted by atomic mass is 9.89. The average Bonchev–Trinajstić information content (AvgIpc) is 2.47. The highest BCUT2D eigenvalue weighted by molar-refractivity contribution is 5.93. The molecule has 1 fully saturated rings. The third-order valence-electron chi connectivity index (χ3n) is 4.08. The maximum atomic E-state index is 12.0. The lowest BCUT2D eigenvalue weighted by Crippen LogP contribution is -2.38. The summed E-state index contributed by atoms with van der Waals surface area (Å²) in [7, 11) is 0. The number of carbonyl (C=O) groups is 1. The number of benzene rings is 1. The van der Waals surface area contributed by atoms with Crippen LogP contribution in [0.5, 0.6) is 0 Å². The number of nitrogens with zero attached hydrogens (tertiary/aromatic N) is 1. The Morgan fingerprint density at radius 1 is 1.35 bits per heavy atom. The largest absolute Gasteiger partial charge is 0.331 e. The highest BCUT2D eigenvalue weighted by Gasteiger charge is 2.24. The van der Waals surface area contributed by atoms with Crippen molar-refractivity contribution in [2.75, 3.05) is 13.1 Å². The van der Waals surface area contributed by atoms with E-state index in [-0.39, 0.29) is 5.91 Å². The van der Waals surface area contributed by atoms with E-state index in [0.29, 0.717) is 5.92 Å². The minimum Gasteiger partial charge on any atom is -0.331 e. The maximum Gasteiger partial charge on any atom is 0.298 e. The number of hydrogen-bond acceptors (Lipinski definition) is 1. The molecule has 0 saturated carbocycles. The lowest BCUT2D eigenvalue weighted by Gasteiger charge is -2.32. The predicted octanol–water partition coefficient (Wildman–Crippen LogP) is 3.42. The number of hydrogen-bond donors (Lipinski definition) is 0. The number of amides is 1. The van der Waals surface area contributed by atoms with Crippen molar-refractivity contribution in [2.24, 2.45) is 0 Å². The van der Waals surface area contributed by atoms with E-state index >= 15 is 0 Å². The van der Waals surface area contributed by atoms with Gasteiger partial charge in [0.15, 0.2) is 0 Å². The fourth-order valence-corrected chi connectivity index (χ4v) is 2.70. The molecular weight excluding hydrogens is 246 g/mol. The summed E-state index contributed by atoms with van der Waals surface area (Å²) < 4.78 is 0. The second kappa shape index (κ2) is 6.61. The topological polar surface area (TPSA) is 20.3 Å². The van der Waals surface area contributed by atoms with E-state index in [1.54, 1.807) is 0 Å². The maximum absolute atomic E-state index is 12.0.